The van der Waals surface area contributed by atoms with Crippen LogP contribution in [0.25, 0.3) is 22.1 Å². The molecule has 0 aliphatic carbocycles. The lowest BCUT2D eigenvalue weighted by molar-refractivity contribution is -0.519. The first-order chi connectivity index (χ1) is 8.57. The Hall–Kier alpha value is -2.11. The minimum atomic E-state index is -5.15. The van der Waals surface area contributed by atoms with Gasteiger partial charge in [0.1, 0.15) is 11.0 Å². The van der Waals surface area contributed by atoms with Crippen LogP contribution in [-0.2, 0) is 0 Å². The second-order valence-corrected chi connectivity index (χ2v) is 4.00. The summed E-state index contributed by atoms with van der Waals surface area (Å²) in [4.78, 5) is 4.24. The van der Waals surface area contributed by atoms with E-state index in [0.29, 0.717) is 15.5 Å². The van der Waals surface area contributed by atoms with Gasteiger partial charge in [-0.15, -0.1) is 0 Å². The number of fused-ring (bicyclic) bond motifs is 2. The fourth-order valence-corrected chi connectivity index (χ4v) is 2.10. The van der Waals surface area contributed by atoms with Crippen molar-refractivity contribution in [3.05, 3.63) is 48.5 Å². The molecule has 2 aromatic carbocycles. The molecule has 0 spiro atoms. The van der Waals surface area contributed by atoms with Gasteiger partial charge in [0.05, 0.1) is 0 Å². The molecule has 1 aromatic heterocycles. The Morgan fingerprint density at radius 2 is 1.22 bits per heavy atom. The van der Waals surface area contributed by atoms with Crippen LogP contribution in [0.15, 0.2) is 48.5 Å². The number of nitrogens with zero attached hydrogens (tertiary/aromatic N) is 2. The molecule has 3 rings (SSSR count). The maximum atomic E-state index is 13.2. The molecule has 0 N–H and O–H groups in total. The molecule has 3 aromatic rings. The Morgan fingerprint density at radius 1 is 0.778 bits per heavy atom. The van der Waals surface area contributed by atoms with Crippen molar-refractivity contribution in [1.29, 1.82) is 0 Å². The van der Waals surface area contributed by atoms with Crippen LogP contribution < -0.4 is 4.48 Å². The molecule has 0 atom stereocenters. The zero-order valence-corrected chi connectivity index (χ0v) is 9.22. The summed E-state index contributed by atoms with van der Waals surface area (Å²) in [6.45, 7) is 0. The molecule has 0 aliphatic rings. The summed E-state index contributed by atoms with van der Waals surface area (Å²) in [5.41, 5.74) is 0.859. The Labute approximate surface area is 101 Å². The van der Waals surface area contributed by atoms with E-state index in [2.05, 4.69) is 4.98 Å². The zero-order chi connectivity index (χ0) is 12.8. The highest BCUT2D eigenvalue weighted by molar-refractivity contribution is 6.49. The SMILES string of the molecule is F[B-](F)(F)[n+]1c2ccccc2nc2ccccc21. The van der Waals surface area contributed by atoms with E-state index in [0.717, 1.165) is 0 Å². The predicted octanol–water partition coefficient (Wildman–Crippen LogP) is 2.87. The summed E-state index contributed by atoms with van der Waals surface area (Å²) in [7, 11) is -5.15. The topological polar surface area (TPSA) is 16.8 Å². The molecule has 0 amide bonds. The lowest BCUT2D eigenvalue weighted by Crippen LogP contribution is -2.56. The number of hydrogen-bond acceptors (Lipinski definition) is 1. The lowest BCUT2D eigenvalue weighted by atomic mass is 10.1. The van der Waals surface area contributed by atoms with E-state index in [1.54, 1.807) is 36.4 Å². The highest BCUT2D eigenvalue weighted by Crippen LogP contribution is 2.18. The summed E-state index contributed by atoms with van der Waals surface area (Å²) in [6.07, 6.45) is 0. The molecule has 0 aliphatic heterocycles. The van der Waals surface area contributed by atoms with Crippen LogP contribution in [0.4, 0.5) is 12.9 Å². The Morgan fingerprint density at radius 3 is 1.67 bits per heavy atom. The van der Waals surface area contributed by atoms with Gasteiger partial charge in [-0.05, 0) is 12.1 Å². The van der Waals surface area contributed by atoms with E-state index in [4.69, 9.17) is 0 Å². The minimum Gasteiger partial charge on any atom is -0.379 e. The van der Waals surface area contributed by atoms with Crippen LogP contribution >= 0.6 is 0 Å². The van der Waals surface area contributed by atoms with Gasteiger partial charge in [0.15, 0.2) is 11.0 Å². The van der Waals surface area contributed by atoms with Crippen molar-refractivity contribution in [2.45, 2.75) is 0 Å². The molecule has 0 saturated heterocycles. The average molecular weight is 248 g/mol. The Bertz CT molecular complexity index is 686. The predicted molar refractivity (Wildman–Crippen MR) is 63.9 cm³/mol. The number of aromatic nitrogens is 2. The van der Waals surface area contributed by atoms with Crippen molar-refractivity contribution in [3.8, 4) is 0 Å². The normalized spacial score (nSPS) is 12.2. The first-order valence-corrected chi connectivity index (χ1v) is 5.46. The van der Waals surface area contributed by atoms with E-state index < -0.39 is 7.11 Å². The number of rotatable bonds is 1. The molecular weight excluding hydrogens is 240 g/mol. The maximum Gasteiger partial charge on any atom is 0.811 e. The highest BCUT2D eigenvalue weighted by atomic mass is 19.4. The number of hydrogen-bond donors (Lipinski definition) is 0. The van der Waals surface area contributed by atoms with Crippen molar-refractivity contribution < 1.29 is 17.4 Å². The molecule has 1 heterocycles. The molecule has 2 nitrogen and oxygen atoms in total. The Balaban J connectivity index is 2.58. The highest BCUT2D eigenvalue weighted by Gasteiger charge is 2.43. The first kappa shape index (κ1) is 11.0. The van der Waals surface area contributed by atoms with Crippen molar-refractivity contribution in [3.63, 3.8) is 0 Å². The van der Waals surface area contributed by atoms with E-state index in [9.17, 15) is 12.9 Å². The fourth-order valence-electron chi connectivity index (χ4n) is 2.10. The van der Waals surface area contributed by atoms with Gasteiger partial charge in [-0.3, -0.25) is 0 Å². The van der Waals surface area contributed by atoms with Crippen molar-refractivity contribution in [2.75, 3.05) is 0 Å². The molecule has 0 saturated carbocycles. The van der Waals surface area contributed by atoms with Crippen LogP contribution in [0.2, 0.25) is 0 Å². The van der Waals surface area contributed by atoms with Crippen LogP contribution in [0.1, 0.15) is 0 Å². The van der Waals surface area contributed by atoms with Crippen LogP contribution in [-0.4, -0.2) is 12.1 Å². The lowest BCUT2D eigenvalue weighted by Gasteiger charge is -2.13. The molecule has 18 heavy (non-hydrogen) atoms. The summed E-state index contributed by atoms with van der Waals surface area (Å²) < 4.78 is 40.2. The van der Waals surface area contributed by atoms with Gasteiger partial charge in [-0.25, -0.2) is 4.98 Å². The molecular formula is C12H8BF3N2. The van der Waals surface area contributed by atoms with Gasteiger partial charge in [-0.2, -0.15) is 0 Å². The van der Waals surface area contributed by atoms with Crippen molar-refractivity contribution in [1.82, 2.24) is 4.98 Å². The third-order valence-electron chi connectivity index (χ3n) is 2.82. The third kappa shape index (κ3) is 1.61. The minimum absolute atomic E-state index is 0.0868. The Kier molecular flexibility index (Phi) is 2.26. The average Bonchev–Trinajstić information content (AvgIpc) is 2.34. The number of benzene rings is 2. The van der Waals surface area contributed by atoms with Gasteiger partial charge in [0.25, 0.3) is 0 Å². The smallest absolute Gasteiger partial charge is 0.379 e. The summed E-state index contributed by atoms with van der Waals surface area (Å²) in [5.74, 6) is 0. The van der Waals surface area contributed by atoms with Crippen LogP contribution in [0.3, 0.4) is 0 Å². The van der Waals surface area contributed by atoms with Crippen LogP contribution in [0.5, 0.6) is 0 Å². The van der Waals surface area contributed by atoms with E-state index in [1.165, 1.54) is 12.1 Å². The number of halogens is 3. The molecule has 0 bridgehead atoms. The maximum absolute atomic E-state index is 13.2. The van der Waals surface area contributed by atoms with Gasteiger partial charge < -0.3 is 17.4 Å². The standard InChI is InChI=1S/C12H8BF3N2/c14-13(15,16)18-11-7-3-1-5-9(11)17-10-6-2-4-8-12(10)18/h1-8H. The van der Waals surface area contributed by atoms with Gasteiger partial charge in [0.2, 0.25) is 0 Å². The monoisotopic (exact) mass is 248 g/mol. The number of para-hydroxylation sites is 4. The molecule has 6 heteroatoms. The van der Waals surface area contributed by atoms with E-state index in [1.807, 2.05) is 0 Å². The molecule has 0 radical (unpaired) electrons. The van der Waals surface area contributed by atoms with Crippen LogP contribution in [0, 0.1) is 0 Å². The van der Waals surface area contributed by atoms with Crippen molar-refractivity contribution in [2.24, 2.45) is 0 Å². The van der Waals surface area contributed by atoms with Gasteiger partial charge >= 0.3 is 7.11 Å². The van der Waals surface area contributed by atoms with Gasteiger partial charge in [-0.1, -0.05) is 24.3 Å². The second-order valence-electron chi connectivity index (χ2n) is 4.00. The third-order valence-corrected chi connectivity index (χ3v) is 2.82. The van der Waals surface area contributed by atoms with E-state index >= 15 is 0 Å². The van der Waals surface area contributed by atoms with Crippen molar-refractivity contribution >= 4 is 29.2 Å². The molecule has 0 fully saturated rings. The molecule has 0 unspecified atom stereocenters. The van der Waals surface area contributed by atoms with E-state index in [-0.39, 0.29) is 11.0 Å². The fraction of sp³-hybridized carbons (Fsp3) is 0. The quantitative estimate of drug-likeness (QED) is 0.478. The van der Waals surface area contributed by atoms with Gasteiger partial charge in [0, 0.05) is 12.1 Å². The summed E-state index contributed by atoms with van der Waals surface area (Å²) >= 11 is 0. The largest absolute Gasteiger partial charge is 0.811 e. The second kappa shape index (κ2) is 3.70. The first-order valence-electron chi connectivity index (χ1n) is 5.46. The zero-order valence-electron chi connectivity index (χ0n) is 9.22. The summed E-state index contributed by atoms with van der Waals surface area (Å²) in [6, 6.07) is 12.6. The summed E-state index contributed by atoms with van der Waals surface area (Å²) in [5, 5.41) is 0. The molecule has 90 valence electrons.